The molecule has 2 saturated heterocycles. The molecule has 4 aromatic rings. The number of unbranched alkanes of at least 4 members (excludes halogenated alkanes) is 3. The van der Waals surface area contributed by atoms with Crippen LogP contribution in [0.4, 0.5) is 11.6 Å². The van der Waals surface area contributed by atoms with E-state index in [1.54, 1.807) is 4.90 Å². The molecule has 304 valence electrons. The summed E-state index contributed by atoms with van der Waals surface area (Å²) in [5.41, 5.74) is 5.62. The molecule has 2 atom stereocenters. The van der Waals surface area contributed by atoms with Gasteiger partial charge in [-0.3, -0.25) is 29.0 Å². The second kappa shape index (κ2) is 17.4. The van der Waals surface area contributed by atoms with E-state index in [4.69, 9.17) is 4.74 Å². The number of hydrogen-bond donors (Lipinski definition) is 3. The zero-order valence-electron chi connectivity index (χ0n) is 33.9. The molecule has 3 aliphatic rings. The number of aromatic amines is 1. The number of nitrogens with one attached hydrogen (secondary N) is 3. The van der Waals surface area contributed by atoms with E-state index >= 15 is 0 Å². The quantitative estimate of drug-likeness (QED) is 0.0876. The maximum absolute atomic E-state index is 13.8. The number of ether oxygens (including phenoxy) is 1. The molecule has 3 N–H and O–H groups in total. The van der Waals surface area contributed by atoms with E-state index in [0.717, 1.165) is 80.4 Å². The number of H-pyrrole nitrogens is 1. The largest absolute Gasteiger partial charge is 0.492 e. The highest BCUT2D eigenvalue weighted by Crippen LogP contribution is 2.36. The minimum Gasteiger partial charge on any atom is -0.492 e. The number of likely N-dealkylation sites (tertiary alicyclic amines) is 1. The van der Waals surface area contributed by atoms with Gasteiger partial charge in [-0.25, -0.2) is 9.97 Å². The summed E-state index contributed by atoms with van der Waals surface area (Å²) >= 11 is 0. The highest BCUT2D eigenvalue weighted by Gasteiger charge is 2.39. The van der Waals surface area contributed by atoms with Crippen LogP contribution in [0.2, 0.25) is 0 Å². The molecule has 2 aromatic carbocycles. The van der Waals surface area contributed by atoms with Crippen LogP contribution in [0.5, 0.6) is 5.75 Å². The maximum Gasteiger partial charge on any atom is 0.255 e. The van der Waals surface area contributed by atoms with E-state index in [-0.39, 0.29) is 24.1 Å². The molecule has 13 nitrogen and oxygen atoms in total. The van der Waals surface area contributed by atoms with Crippen molar-refractivity contribution >= 4 is 51.1 Å². The van der Waals surface area contributed by atoms with Gasteiger partial charge in [-0.2, -0.15) is 5.10 Å². The average molecular weight is 797 g/mol. The minimum absolute atomic E-state index is 0.111. The van der Waals surface area contributed by atoms with Gasteiger partial charge in [0.1, 0.15) is 23.9 Å². The number of anilines is 2. The Hall–Kier alpha value is -4.69. The molecule has 3 aliphatic heterocycles. The summed E-state index contributed by atoms with van der Waals surface area (Å²) in [6, 6.07) is 9.14. The monoisotopic (exact) mass is 796 g/mol. The van der Waals surface area contributed by atoms with E-state index in [9.17, 15) is 18.6 Å². The number of rotatable bonds is 15. The second-order valence-electron chi connectivity index (χ2n) is 16.8. The molecule has 14 heteroatoms. The number of amides is 3. The first kappa shape index (κ1) is 40.5. The Bertz CT molecular complexity index is 2150. The van der Waals surface area contributed by atoms with Crippen molar-refractivity contribution in [2.45, 2.75) is 121 Å². The predicted octanol–water partition coefficient (Wildman–Crippen LogP) is 6.66. The van der Waals surface area contributed by atoms with Gasteiger partial charge in [0.15, 0.2) is 5.82 Å². The third kappa shape index (κ3) is 9.22. The Labute approximate surface area is 337 Å². The normalized spacial score (nSPS) is 18.6. The lowest BCUT2D eigenvalue weighted by molar-refractivity contribution is -0.136. The van der Waals surface area contributed by atoms with Crippen LogP contribution in [0.15, 0.2) is 41.6 Å². The Morgan fingerprint density at radius 2 is 1.77 bits per heavy atom. The fourth-order valence-electron chi connectivity index (χ4n) is 8.19. The van der Waals surface area contributed by atoms with Crippen LogP contribution in [0.25, 0.3) is 10.9 Å². The van der Waals surface area contributed by atoms with Crippen molar-refractivity contribution in [3.63, 3.8) is 0 Å². The molecule has 0 spiro atoms. The third-order valence-electron chi connectivity index (χ3n) is 11.8. The summed E-state index contributed by atoms with van der Waals surface area (Å²) < 4.78 is 19.8. The van der Waals surface area contributed by atoms with Gasteiger partial charge in [0.05, 0.1) is 27.8 Å². The Morgan fingerprint density at radius 3 is 2.51 bits per heavy atom. The van der Waals surface area contributed by atoms with E-state index in [0.29, 0.717) is 58.9 Å². The van der Waals surface area contributed by atoms with Crippen LogP contribution < -0.4 is 15.4 Å². The topological polar surface area (TPSA) is 163 Å². The maximum atomic E-state index is 13.8. The van der Waals surface area contributed by atoms with Gasteiger partial charge in [-0.1, -0.05) is 25.0 Å². The average Bonchev–Trinajstić information content (AvgIpc) is 3.69. The summed E-state index contributed by atoms with van der Waals surface area (Å²) in [6.45, 7) is 14.2. The van der Waals surface area contributed by atoms with E-state index in [2.05, 4.69) is 41.8 Å². The van der Waals surface area contributed by atoms with Crippen LogP contribution in [0.3, 0.4) is 0 Å². The second-order valence-corrected chi connectivity index (χ2v) is 19.0. The van der Waals surface area contributed by atoms with Crippen LogP contribution in [0.1, 0.15) is 111 Å². The number of aromatic nitrogens is 4. The Balaban J connectivity index is 0.848. The van der Waals surface area contributed by atoms with Gasteiger partial charge in [0.25, 0.3) is 5.91 Å². The highest BCUT2D eigenvalue weighted by molar-refractivity contribution is 7.86. The molecule has 0 aliphatic carbocycles. The van der Waals surface area contributed by atoms with E-state index < -0.39 is 21.6 Å². The van der Waals surface area contributed by atoms with Crippen molar-refractivity contribution in [1.82, 2.24) is 35.3 Å². The molecule has 7 rings (SSSR count). The van der Waals surface area contributed by atoms with Gasteiger partial charge in [-0.15, -0.1) is 0 Å². The molecule has 5 heterocycles. The number of imide groups is 1. The van der Waals surface area contributed by atoms with Gasteiger partial charge in [0, 0.05) is 46.0 Å². The number of nitrogens with zero attached hydrogens (tertiary/aromatic N) is 5. The number of benzene rings is 2. The van der Waals surface area contributed by atoms with Crippen molar-refractivity contribution in [3.8, 4) is 5.75 Å². The standard InChI is InChI=1S/C43H56N8O5S/c1-27-28(2)48-49-39(27)47-40-32-23-37(57(55)43(3,4)5)36(24-34(32)44-26-45-40)56-22-18-29-16-20-50(21-17-29)19-9-7-6-8-11-30-12-10-13-31-33(30)25-51(42(31)54)35-14-15-38(52)46-41(35)53/h10,12-13,23-24,26,29,35H,6-9,11,14-22,25H2,1-5H3,(H,46,52,53)(H2,44,45,47,48,49). The van der Waals surface area contributed by atoms with Crippen LogP contribution >= 0.6 is 0 Å². The van der Waals surface area contributed by atoms with Crippen molar-refractivity contribution in [3.05, 3.63) is 64.6 Å². The summed E-state index contributed by atoms with van der Waals surface area (Å²) in [6.07, 6.45) is 10.8. The molecule has 2 aromatic heterocycles. The van der Waals surface area contributed by atoms with Gasteiger partial charge < -0.3 is 19.9 Å². The zero-order valence-corrected chi connectivity index (χ0v) is 34.7. The number of hydrogen-bond acceptors (Lipinski definition) is 10. The van der Waals surface area contributed by atoms with Gasteiger partial charge >= 0.3 is 0 Å². The summed E-state index contributed by atoms with van der Waals surface area (Å²) in [7, 11) is -1.33. The van der Waals surface area contributed by atoms with Crippen LogP contribution in [0, 0.1) is 19.8 Å². The molecular formula is C43H56N8O5S. The van der Waals surface area contributed by atoms with Gasteiger partial charge in [-0.05, 0) is 128 Å². The van der Waals surface area contributed by atoms with Crippen molar-refractivity contribution < 1.29 is 23.3 Å². The lowest BCUT2D eigenvalue weighted by Crippen LogP contribution is -2.52. The first-order valence-corrected chi connectivity index (χ1v) is 21.6. The number of aryl methyl sites for hydroxylation is 2. The minimum atomic E-state index is -1.33. The molecular weight excluding hydrogens is 741 g/mol. The number of carbonyl (C=O) groups is 3. The first-order chi connectivity index (χ1) is 27.4. The lowest BCUT2D eigenvalue weighted by atomic mass is 9.93. The van der Waals surface area contributed by atoms with Crippen LogP contribution in [-0.2, 0) is 33.4 Å². The van der Waals surface area contributed by atoms with Crippen molar-refractivity contribution in [2.24, 2.45) is 5.92 Å². The Morgan fingerprint density at radius 1 is 0.982 bits per heavy atom. The highest BCUT2D eigenvalue weighted by atomic mass is 32.2. The molecule has 2 unspecified atom stereocenters. The zero-order chi connectivity index (χ0) is 40.3. The third-order valence-corrected chi connectivity index (χ3v) is 13.6. The molecule has 57 heavy (non-hydrogen) atoms. The fraction of sp³-hybridized carbons (Fsp3) is 0.535. The summed E-state index contributed by atoms with van der Waals surface area (Å²) in [5, 5.41) is 13.9. The smallest absolute Gasteiger partial charge is 0.255 e. The SMILES string of the molecule is Cc1[nH]nc(Nc2ncnc3cc(OCCC4CCN(CCCCCCc5cccc6c5CN(C5CCC(=O)NC5=O)C6=O)CC4)c(S(=O)C(C)(C)C)cc23)c1C. The van der Waals surface area contributed by atoms with Gasteiger partial charge in [0.2, 0.25) is 11.8 Å². The van der Waals surface area contributed by atoms with E-state index in [1.165, 1.54) is 24.7 Å². The predicted molar refractivity (Wildman–Crippen MR) is 221 cm³/mol. The van der Waals surface area contributed by atoms with Crippen molar-refractivity contribution in [1.29, 1.82) is 0 Å². The first-order valence-electron chi connectivity index (χ1n) is 20.5. The number of carbonyl (C=O) groups excluding carboxylic acids is 3. The lowest BCUT2D eigenvalue weighted by Gasteiger charge is -2.32. The van der Waals surface area contributed by atoms with Crippen molar-refractivity contribution in [2.75, 3.05) is 31.6 Å². The molecule has 0 radical (unpaired) electrons. The Kier molecular flexibility index (Phi) is 12.4. The molecule has 0 saturated carbocycles. The fourth-order valence-corrected chi connectivity index (χ4v) is 9.38. The summed E-state index contributed by atoms with van der Waals surface area (Å²) in [5.74, 6) is 1.75. The number of piperidine rings is 2. The summed E-state index contributed by atoms with van der Waals surface area (Å²) in [4.78, 5) is 51.2. The molecule has 2 fully saturated rings. The molecule has 3 amide bonds. The van der Waals surface area contributed by atoms with Crippen LogP contribution in [-0.4, -0.2) is 88.9 Å². The molecule has 0 bridgehead atoms. The number of fused-ring (bicyclic) bond motifs is 2. The van der Waals surface area contributed by atoms with E-state index in [1.807, 2.05) is 58.9 Å².